The van der Waals surface area contributed by atoms with Crippen LogP contribution in [0.1, 0.15) is 12.8 Å². The quantitative estimate of drug-likeness (QED) is 0.556. The van der Waals surface area contributed by atoms with Gasteiger partial charge in [-0.1, -0.05) is 0 Å². The predicted octanol–water partition coefficient (Wildman–Crippen LogP) is -1.06. The van der Waals surface area contributed by atoms with Crippen LogP contribution in [-0.4, -0.2) is 43.3 Å². The van der Waals surface area contributed by atoms with Gasteiger partial charge in [0.25, 0.3) is 0 Å². The lowest BCUT2D eigenvalue weighted by Gasteiger charge is -2.33. The molecular formula is C9H16N2O4. The Balaban J connectivity index is 2.57. The number of ether oxygens (including phenoxy) is 1. The number of carbonyl (C=O) groups is 2. The molecule has 0 bridgehead atoms. The van der Waals surface area contributed by atoms with Gasteiger partial charge in [0.1, 0.15) is 0 Å². The Morgan fingerprint density at radius 3 is 2.47 bits per heavy atom. The van der Waals surface area contributed by atoms with Crippen LogP contribution in [0.15, 0.2) is 0 Å². The molecule has 1 aliphatic rings. The molecule has 86 valence electrons. The lowest BCUT2D eigenvalue weighted by molar-refractivity contribution is -0.154. The maximum atomic E-state index is 11.1. The molecule has 1 aliphatic heterocycles. The van der Waals surface area contributed by atoms with Crippen molar-refractivity contribution in [2.75, 3.05) is 26.3 Å². The normalized spacial score (nSPS) is 19.5. The van der Waals surface area contributed by atoms with Crippen LogP contribution in [0.25, 0.3) is 0 Å². The molecule has 0 radical (unpaired) electrons. The number of carboxylic acid groups (broad SMARTS) is 1. The van der Waals surface area contributed by atoms with E-state index in [2.05, 4.69) is 5.32 Å². The summed E-state index contributed by atoms with van der Waals surface area (Å²) in [6, 6.07) is 0. The highest BCUT2D eigenvalue weighted by atomic mass is 16.5. The molecule has 4 N–H and O–H groups in total. The van der Waals surface area contributed by atoms with Crippen molar-refractivity contribution in [3.63, 3.8) is 0 Å². The molecule has 15 heavy (non-hydrogen) atoms. The molecule has 1 rings (SSSR count). The molecule has 0 spiro atoms. The SMILES string of the molecule is NCC(=O)NCC1(C(=O)O)CCOCC1. The average molecular weight is 216 g/mol. The molecule has 6 nitrogen and oxygen atoms in total. The third kappa shape index (κ3) is 2.90. The van der Waals surface area contributed by atoms with Crippen LogP contribution >= 0.6 is 0 Å². The van der Waals surface area contributed by atoms with E-state index >= 15 is 0 Å². The first-order valence-electron chi connectivity index (χ1n) is 4.89. The summed E-state index contributed by atoms with van der Waals surface area (Å²) in [5, 5.41) is 11.7. The van der Waals surface area contributed by atoms with E-state index in [4.69, 9.17) is 15.6 Å². The van der Waals surface area contributed by atoms with Gasteiger partial charge < -0.3 is 20.9 Å². The summed E-state index contributed by atoms with van der Waals surface area (Å²) in [6.07, 6.45) is 0.848. The number of amides is 1. The number of nitrogens with one attached hydrogen (secondary N) is 1. The number of carboxylic acids is 1. The number of hydrogen-bond donors (Lipinski definition) is 3. The minimum atomic E-state index is -0.886. The Labute approximate surface area is 87.8 Å². The van der Waals surface area contributed by atoms with E-state index in [-0.39, 0.29) is 19.0 Å². The maximum Gasteiger partial charge on any atom is 0.311 e. The summed E-state index contributed by atoms with van der Waals surface area (Å²) in [7, 11) is 0. The second-order valence-electron chi connectivity index (χ2n) is 3.68. The molecule has 0 unspecified atom stereocenters. The number of aliphatic carboxylic acids is 1. The Bertz CT molecular complexity index is 248. The fraction of sp³-hybridized carbons (Fsp3) is 0.778. The molecule has 1 fully saturated rings. The maximum absolute atomic E-state index is 11.1. The molecule has 6 heteroatoms. The summed E-state index contributed by atoms with van der Waals surface area (Å²) in [6.45, 7) is 0.851. The second-order valence-corrected chi connectivity index (χ2v) is 3.68. The topological polar surface area (TPSA) is 102 Å². The van der Waals surface area contributed by atoms with E-state index in [0.29, 0.717) is 26.1 Å². The highest BCUT2D eigenvalue weighted by Gasteiger charge is 2.40. The van der Waals surface area contributed by atoms with Gasteiger partial charge in [-0.3, -0.25) is 9.59 Å². The summed E-state index contributed by atoms with van der Waals surface area (Å²) in [5.41, 5.74) is 4.24. The van der Waals surface area contributed by atoms with Gasteiger partial charge in [0.05, 0.1) is 12.0 Å². The molecule has 1 amide bonds. The monoisotopic (exact) mass is 216 g/mol. The first-order valence-corrected chi connectivity index (χ1v) is 4.89. The predicted molar refractivity (Wildman–Crippen MR) is 52.2 cm³/mol. The Kier molecular flexibility index (Phi) is 4.05. The number of hydrogen-bond acceptors (Lipinski definition) is 4. The van der Waals surface area contributed by atoms with E-state index in [1.165, 1.54) is 0 Å². The second kappa shape index (κ2) is 5.09. The van der Waals surface area contributed by atoms with Crippen molar-refractivity contribution in [1.29, 1.82) is 0 Å². The van der Waals surface area contributed by atoms with Crippen LogP contribution in [-0.2, 0) is 14.3 Å². The van der Waals surface area contributed by atoms with Crippen LogP contribution < -0.4 is 11.1 Å². The van der Waals surface area contributed by atoms with Gasteiger partial charge in [-0.25, -0.2) is 0 Å². The zero-order chi connectivity index (χ0) is 11.3. The van der Waals surface area contributed by atoms with Crippen molar-refractivity contribution < 1.29 is 19.4 Å². The largest absolute Gasteiger partial charge is 0.481 e. The minimum absolute atomic E-state index is 0.119. The van der Waals surface area contributed by atoms with Crippen molar-refractivity contribution in [2.24, 2.45) is 11.1 Å². The standard InChI is InChI=1S/C9H16N2O4/c10-5-7(12)11-6-9(8(13)14)1-3-15-4-2-9/h1-6,10H2,(H,11,12)(H,13,14). The Hall–Kier alpha value is -1.14. The van der Waals surface area contributed by atoms with Gasteiger partial charge in [-0.15, -0.1) is 0 Å². The van der Waals surface area contributed by atoms with E-state index in [9.17, 15) is 9.59 Å². The molecule has 1 saturated heterocycles. The van der Waals surface area contributed by atoms with E-state index < -0.39 is 11.4 Å². The first-order chi connectivity index (χ1) is 7.10. The lowest BCUT2D eigenvalue weighted by atomic mass is 9.80. The summed E-state index contributed by atoms with van der Waals surface area (Å²) in [4.78, 5) is 22.1. The average Bonchev–Trinajstić information content (AvgIpc) is 2.27. The van der Waals surface area contributed by atoms with Gasteiger partial charge in [-0.05, 0) is 12.8 Å². The van der Waals surface area contributed by atoms with Crippen LogP contribution in [0, 0.1) is 5.41 Å². The highest BCUT2D eigenvalue weighted by Crippen LogP contribution is 2.29. The smallest absolute Gasteiger partial charge is 0.311 e. The number of carbonyl (C=O) groups excluding carboxylic acids is 1. The van der Waals surface area contributed by atoms with Crippen LogP contribution in [0.4, 0.5) is 0 Å². The van der Waals surface area contributed by atoms with E-state index in [0.717, 1.165) is 0 Å². The number of nitrogens with two attached hydrogens (primary N) is 1. The minimum Gasteiger partial charge on any atom is -0.481 e. The molecule has 0 aromatic rings. The first kappa shape index (κ1) is 11.9. The summed E-state index contributed by atoms with van der Waals surface area (Å²) < 4.78 is 5.11. The molecule has 0 aromatic carbocycles. The van der Waals surface area contributed by atoms with E-state index in [1.807, 2.05) is 0 Å². The van der Waals surface area contributed by atoms with Gasteiger partial charge in [0, 0.05) is 19.8 Å². The van der Waals surface area contributed by atoms with Crippen molar-refractivity contribution in [2.45, 2.75) is 12.8 Å². The fourth-order valence-electron chi connectivity index (χ4n) is 1.57. The van der Waals surface area contributed by atoms with Gasteiger partial charge in [0.2, 0.25) is 5.91 Å². The zero-order valence-corrected chi connectivity index (χ0v) is 8.49. The fourth-order valence-corrected chi connectivity index (χ4v) is 1.57. The Morgan fingerprint density at radius 1 is 1.40 bits per heavy atom. The molecule has 0 aromatic heterocycles. The van der Waals surface area contributed by atoms with Gasteiger partial charge in [0.15, 0.2) is 0 Å². The van der Waals surface area contributed by atoms with Gasteiger partial charge in [-0.2, -0.15) is 0 Å². The zero-order valence-electron chi connectivity index (χ0n) is 8.49. The lowest BCUT2D eigenvalue weighted by Crippen LogP contribution is -2.47. The molecule has 0 atom stereocenters. The summed E-state index contributed by atoms with van der Waals surface area (Å²) >= 11 is 0. The molecule has 1 heterocycles. The highest BCUT2D eigenvalue weighted by molar-refractivity contribution is 5.80. The van der Waals surface area contributed by atoms with E-state index in [1.54, 1.807) is 0 Å². The third-order valence-electron chi connectivity index (χ3n) is 2.71. The molecule has 0 saturated carbocycles. The van der Waals surface area contributed by atoms with Crippen LogP contribution in [0.2, 0.25) is 0 Å². The molecular weight excluding hydrogens is 200 g/mol. The van der Waals surface area contributed by atoms with Crippen molar-refractivity contribution >= 4 is 11.9 Å². The Morgan fingerprint density at radius 2 is 2.00 bits per heavy atom. The van der Waals surface area contributed by atoms with Crippen molar-refractivity contribution in [3.05, 3.63) is 0 Å². The number of rotatable bonds is 4. The van der Waals surface area contributed by atoms with Crippen LogP contribution in [0.3, 0.4) is 0 Å². The third-order valence-corrected chi connectivity index (χ3v) is 2.71. The van der Waals surface area contributed by atoms with Crippen molar-refractivity contribution in [3.8, 4) is 0 Å². The summed E-state index contributed by atoms with van der Waals surface area (Å²) in [5.74, 6) is -1.22. The molecule has 0 aliphatic carbocycles. The van der Waals surface area contributed by atoms with Gasteiger partial charge >= 0.3 is 5.97 Å². The van der Waals surface area contributed by atoms with Crippen LogP contribution in [0.5, 0.6) is 0 Å². The van der Waals surface area contributed by atoms with Crippen molar-refractivity contribution in [1.82, 2.24) is 5.32 Å².